The van der Waals surface area contributed by atoms with Gasteiger partial charge in [-0.1, -0.05) is 13.8 Å². The van der Waals surface area contributed by atoms with Crippen LogP contribution in [0.15, 0.2) is 0 Å². The van der Waals surface area contributed by atoms with E-state index in [0.717, 1.165) is 32.2 Å². The normalized spacial score (nSPS) is 21.6. The van der Waals surface area contributed by atoms with Crippen LogP contribution in [0.1, 0.15) is 46.5 Å². The summed E-state index contributed by atoms with van der Waals surface area (Å²) in [5, 5.41) is 8.89. The highest BCUT2D eigenvalue weighted by Crippen LogP contribution is 2.04. The summed E-state index contributed by atoms with van der Waals surface area (Å²) in [6, 6.07) is -0.345. The van der Waals surface area contributed by atoms with Crippen molar-refractivity contribution in [1.29, 1.82) is 0 Å². The Labute approximate surface area is 109 Å². The van der Waals surface area contributed by atoms with Gasteiger partial charge in [0.15, 0.2) is 0 Å². The molecule has 1 aliphatic heterocycles. The predicted molar refractivity (Wildman–Crippen MR) is 71.1 cm³/mol. The average Bonchev–Trinajstić information content (AvgIpc) is 2.38. The van der Waals surface area contributed by atoms with E-state index in [0.29, 0.717) is 0 Å². The van der Waals surface area contributed by atoms with Crippen LogP contribution in [0.2, 0.25) is 0 Å². The van der Waals surface area contributed by atoms with E-state index in [9.17, 15) is 9.59 Å². The molecule has 2 atom stereocenters. The summed E-state index contributed by atoms with van der Waals surface area (Å²) < 4.78 is 0. The van der Waals surface area contributed by atoms with Crippen molar-refractivity contribution >= 4 is 11.8 Å². The van der Waals surface area contributed by atoms with E-state index in [1.807, 2.05) is 0 Å². The highest BCUT2D eigenvalue weighted by atomic mass is 16.2. The predicted octanol–water partition coefficient (Wildman–Crippen LogP) is 0.548. The maximum atomic E-state index is 11.9. The van der Waals surface area contributed by atoms with Crippen molar-refractivity contribution < 1.29 is 9.59 Å². The smallest absolute Gasteiger partial charge is 0.237 e. The van der Waals surface area contributed by atoms with Crippen LogP contribution in [0.25, 0.3) is 0 Å². The standard InChI is InChI=1S/C13H25N3O2/c1-4-10(5-2)16-12(17)9(3)15-11-7-6-8-14-13(11)18/h9-11,15H,4-8H2,1-3H3,(H,14,18)(H,16,17). The zero-order valence-corrected chi connectivity index (χ0v) is 11.6. The Morgan fingerprint density at radius 1 is 1.44 bits per heavy atom. The van der Waals surface area contributed by atoms with E-state index in [1.54, 1.807) is 6.92 Å². The minimum absolute atomic E-state index is 0.00318. The summed E-state index contributed by atoms with van der Waals surface area (Å²) >= 11 is 0. The van der Waals surface area contributed by atoms with Gasteiger partial charge in [0.2, 0.25) is 11.8 Å². The topological polar surface area (TPSA) is 70.2 Å². The molecule has 0 aromatic heterocycles. The summed E-state index contributed by atoms with van der Waals surface area (Å²) in [6.45, 7) is 6.66. The lowest BCUT2D eigenvalue weighted by atomic mass is 10.1. The van der Waals surface area contributed by atoms with Crippen LogP contribution in [0, 0.1) is 0 Å². The zero-order chi connectivity index (χ0) is 13.5. The largest absolute Gasteiger partial charge is 0.355 e. The molecule has 2 unspecified atom stereocenters. The van der Waals surface area contributed by atoms with Gasteiger partial charge in [-0.25, -0.2) is 0 Å². The lowest BCUT2D eigenvalue weighted by Crippen LogP contribution is -2.55. The molecule has 0 aromatic carbocycles. The molecule has 1 fully saturated rings. The first kappa shape index (κ1) is 15.0. The number of carbonyl (C=O) groups excluding carboxylic acids is 2. The van der Waals surface area contributed by atoms with E-state index in [-0.39, 0.29) is 29.9 Å². The fourth-order valence-electron chi connectivity index (χ4n) is 2.13. The molecule has 0 aromatic rings. The van der Waals surface area contributed by atoms with Gasteiger partial charge in [-0.2, -0.15) is 0 Å². The van der Waals surface area contributed by atoms with E-state index in [1.165, 1.54) is 0 Å². The fraction of sp³-hybridized carbons (Fsp3) is 0.846. The van der Waals surface area contributed by atoms with Gasteiger partial charge in [0.1, 0.15) is 0 Å². The number of nitrogens with one attached hydrogen (secondary N) is 3. The molecule has 104 valence electrons. The SMILES string of the molecule is CCC(CC)NC(=O)C(C)NC1CCCNC1=O. The van der Waals surface area contributed by atoms with E-state index >= 15 is 0 Å². The summed E-state index contributed by atoms with van der Waals surface area (Å²) in [4.78, 5) is 23.5. The number of hydrogen-bond acceptors (Lipinski definition) is 3. The Kier molecular flexibility index (Phi) is 6.12. The summed E-state index contributed by atoms with van der Waals surface area (Å²) in [5.41, 5.74) is 0. The minimum atomic E-state index is -0.334. The van der Waals surface area contributed by atoms with E-state index < -0.39 is 0 Å². The highest BCUT2D eigenvalue weighted by Gasteiger charge is 2.26. The molecule has 0 aliphatic carbocycles. The van der Waals surface area contributed by atoms with Crippen LogP contribution in [0.5, 0.6) is 0 Å². The van der Waals surface area contributed by atoms with Crippen LogP contribution in [-0.2, 0) is 9.59 Å². The molecule has 5 nitrogen and oxygen atoms in total. The van der Waals surface area contributed by atoms with Crippen molar-refractivity contribution in [2.24, 2.45) is 0 Å². The Morgan fingerprint density at radius 2 is 2.11 bits per heavy atom. The van der Waals surface area contributed by atoms with E-state index in [4.69, 9.17) is 0 Å². The number of piperidine rings is 1. The van der Waals surface area contributed by atoms with Crippen molar-refractivity contribution in [2.75, 3.05) is 6.54 Å². The summed E-state index contributed by atoms with van der Waals surface area (Å²) in [6.07, 6.45) is 3.62. The second-order valence-corrected chi connectivity index (χ2v) is 4.90. The second-order valence-electron chi connectivity index (χ2n) is 4.90. The van der Waals surface area contributed by atoms with Crippen molar-refractivity contribution in [3.8, 4) is 0 Å². The molecular formula is C13H25N3O2. The van der Waals surface area contributed by atoms with Crippen molar-refractivity contribution in [3.05, 3.63) is 0 Å². The van der Waals surface area contributed by atoms with Gasteiger partial charge in [0.05, 0.1) is 12.1 Å². The third-order valence-corrected chi connectivity index (χ3v) is 3.46. The third-order valence-electron chi connectivity index (χ3n) is 3.46. The molecule has 3 N–H and O–H groups in total. The molecule has 1 saturated heterocycles. The van der Waals surface area contributed by atoms with Crippen molar-refractivity contribution in [1.82, 2.24) is 16.0 Å². The quantitative estimate of drug-likeness (QED) is 0.649. The molecule has 1 rings (SSSR count). The van der Waals surface area contributed by atoms with E-state index in [2.05, 4.69) is 29.8 Å². The van der Waals surface area contributed by atoms with Crippen molar-refractivity contribution in [2.45, 2.75) is 64.6 Å². The lowest BCUT2D eigenvalue weighted by Gasteiger charge is -2.26. The summed E-state index contributed by atoms with van der Waals surface area (Å²) in [5.74, 6) is -0.0227. The Bertz CT molecular complexity index is 290. The first-order valence-electron chi connectivity index (χ1n) is 6.92. The van der Waals surface area contributed by atoms with Crippen LogP contribution in [-0.4, -0.2) is 36.5 Å². The lowest BCUT2D eigenvalue weighted by molar-refractivity contribution is -0.126. The van der Waals surface area contributed by atoms with Crippen molar-refractivity contribution in [3.63, 3.8) is 0 Å². The molecule has 5 heteroatoms. The first-order valence-corrected chi connectivity index (χ1v) is 6.92. The van der Waals surface area contributed by atoms with Crippen LogP contribution >= 0.6 is 0 Å². The Hall–Kier alpha value is -1.10. The third kappa shape index (κ3) is 4.29. The van der Waals surface area contributed by atoms with Gasteiger partial charge >= 0.3 is 0 Å². The van der Waals surface area contributed by atoms with Gasteiger partial charge in [-0.3, -0.25) is 14.9 Å². The highest BCUT2D eigenvalue weighted by molar-refractivity contribution is 5.85. The monoisotopic (exact) mass is 255 g/mol. The second kappa shape index (κ2) is 7.36. The number of hydrogen-bond donors (Lipinski definition) is 3. The Balaban J connectivity index is 2.41. The molecular weight excluding hydrogens is 230 g/mol. The van der Waals surface area contributed by atoms with Crippen LogP contribution in [0.3, 0.4) is 0 Å². The molecule has 0 saturated carbocycles. The number of amides is 2. The Morgan fingerprint density at radius 3 is 2.67 bits per heavy atom. The molecule has 18 heavy (non-hydrogen) atoms. The van der Waals surface area contributed by atoms with Gasteiger partial charge in [0.25, 0.3) is 0 Å². The molecule has 1 aliphatic rings. The van der Waals surface area contributed by atoms with Gasteiger partial charge in [-0.15, -0.1) is 0 Å². The molecule has 0 radical (unpaired) electrons. The maximum Gasteiger partial charge on any atom is 0.237 e. The first-order chi connectivity index (χ1) is 8.58. The molecule has 0 bridgehead atoms. The van der Waals surface area contributed by atoms with Gasteiger partial charge in [0, 0.05) is 12.6 Å². The van der Waals surface area contributed by atoms with Gasteiger partial charge < -0.3 is 10.6 Å². The number of rotatable bonds is 6. The maximum absolute atomic E-state index is 11.9. The molecule has 0 spiro atoms. The van der Waals surface area contributed by atoms with Crippen LogP contribution < -0.4 is 16.0 Å². The minimum Gasteiger partial charge on any atom is -0.355 e. The van der Waals surface area contributed by atoms with Gasteiger partial charge in [-0.05, 0) is 32.6 Å². The summed E-state index contributed by atoms with van der Waals surface area (Å²) in [7, 11) is 0. The fourth-order valence-corrected chi connectivity index (χ4v) is 2.13. The molecule has 2 amide bonds. The average molecular weight is 255 g/mol. The number of carbonyl (C=O) groups is 2. The molecule has 1 heterocycles. The zero-order valence-electron chi connectivity index (χ0n) is 11.6. The van der Waals surface area contributed by atoms with Crippen LogP contribution in [0.4, 0.5) is 0 Å².